The Balaban J connectivity index is 2.00. The Morgan fingerprint density at radius 2 is 2.12 bits per heavy atom. The van der Waals surface area contributed by atoms with Crippen molar-refractivity contribution in [2.24, 2.45) is 11.8 Å². The summed E-state index contributed by atoms with van der Waals surface area (Å²) in [6.45, 7) is 6.40. The lowest BCUT2D eigenvalue weighted by Crippen LogP contribution is -2.43. The van der Waals surface area contributed by atoms with Crippen molar-refractivity contribution < 1.29 is 14.6 Å². The lowest BCUT2D eigenvalue weighted by Gasteiger charge is -2.32. The fourth-order valence-corrected chi connectivity index (χ4v) is 2.71. The predicted molar refractivity (Wildman–Crippen MR) is 60.0 cm³/mol. The fraction of sp³-hybridized carbons (Fsp3) is 0.917. The van der Waals surface area contributed by atoms with E-state index in [0.717, 1.165) is 13.0 Å². The first-order chi connectivity index (χ1) is 7.42. The molecular formula is C12H21NO3. The molecule has 4 heteroatoms. The van der Waals surface area contributed by atoms with E-state index in [0.29, 0.717) is 11.8 Å². The first kappa shape index (κ1) is 11.7. The zero-order chi connectivity index (χ0) is 11.9. The van der Waals surface area contributed by atoms with E-state index in [9.17, 15) is 9.90 Å². The van der Waals surface area contributed by atoms with Crippen LogP contribution in [0.5, 0.6) is 0 Å². The molecule has 0 spiro atoms. The molecule has 1 aliphatic heterocycles. The number of nitrogens with zero attached hydrogens (tertiary/aromatic N) is 1. The second kappa shape index (κ2) is 3.91. The predicted octanol–water partition coefficient (Wildman–Crippen LogP) is 1.62. The van der Waals surface area contributed by atoms with Gasteiger partial charge in [0.2, 0.25) is 0 Å². The molecule has 0 aromatic heterocycles. The first-order valence-corrected chi connectivity index (χ1v) is 6.03. The van der Waals surface area contributed by atoms with E-state index in [2.05, 4.69) is 0 Å². The number of fused-ring (bicyclic) bond motifs is 1. The molecule has 2 fully saturated rings. The van der Waals surface area contributed by atoms with E-state index < -0.39 is 5.60 Å². The minimum absolute atomic E-state index is 0.0198. The van der Waals surface area contributed by atoms with Crippen molar-refractivity contribution in [3.63, 3.8) is 0 Å². The van der Waals surface area contributed by atoms with Crippen molar-refractivity contribution in [2.75, 3.05) is 13.2 Å². The topological polar surface area (TPSA) is 49.8 Å². The standard InChI is InChI=1S/C12H21NO3/c1-12(2,3)16-11(15)13-6-8-4-5-9(8)10(13)7-14/h8-10,14H,4-7H2,1-3H3. The van der Waals surface area contributed by atoms with Crippen LogP contribution in [-0.2, 0) is 4.74 Å². The van der Waals surface area contributed by atoms with Crippen LogP contribution in [0.3, 0.4) is 0 Å². The van der Waals surface area contributed by atoms with Gasteiger partial charge in [0.15, 0.2) is 0 Å². The van der Waals surface area contributed by atoms with Crippen molar-refractivity contribution in [3.05, 3.63) is 0 Å². The summed E-state index contributed by atoms with van der Waals surface area (Å²) >= 11 is 0. The molecule has 4 nitrogen and oxygen atoms in total. The number of amides is 1. The van der Waals surface area contributed by atoms with Gasteiger partial charge in [-0.1, -0.05) is 0 Å². The average molecular weight is 227 g/mol. The molecule has 1 amide bonds. The molecule has 2 rings (SSSR count). The molecule has 0 aromatic carbocycles. The van der Waals surface area contributed by atoms with Gasteiger partial charge in [-0.25, -0.2) is 4.79 Å². The number of aliphatic hydroxyl groups is 1. The molecule has 3 atom stereocenters. The maximum absolute atomic E-state index is 11.9. The molecule has 92 valence electrons. The van der Waals surface area contributed by atoms with Gasteiger partial charge in [0.05, 0.1) is 12.6 Å². The molecule has 1 heterocycles. The number of carbonyl (C=O) groups is 1. The van der Waals surface area contributed by atoms with Gasteiger partial charge < -0.3 is 14.7 Å². The minimum Gasteiger partial charge on any atom is -0.444 e. The van der Waals surface area contributed by atoms with Crippen LogP contribution in [0.1, 0.15) is 33.6 Å². The van der Waals surface area contributed by atoms with E-state index in [1.807, 2.05) is 20.8 Å². The molecule has 16 heavy (non-hydrogen) atoms. The number of carbonyl (C=O) groups excluding carboxylic acids is 1. The number of hydrogen-bond acceptors (Lipinski definition) is 3. The molecule has 3 unspecified atom stereocenters. The third-order valence-electron chi connectivity index (χ3n) is 3.62. The fourth-order valence-electron chi connectivity index (χ4n) is 2.71. The summed E-state index contributed by atoms with van der Waals surface area (Å²) in [7, 11) is 0. The van der Waals surface area contributed by atoms with Crippen LogP contribution in [0.15, 0.2) is 0 Å². The van der Waals surface area contributed by atoms with E-state index >= 15 is 0 Å². The summed E-state index contributed by atoms with van der Waals surface area (Å²) in [4.78, 5) is 13.7. The number of hydrogen-bond donors (Lipinski definition) is 1. The van der Waals surface area contributed by atoms with Crippen molar-refractivity contribution in [3.8, 4) is 0 Å². The Morgan fingerprint density at radius 1 is 1.44 bits per heavy atom. The summed E-state index contributed by atoms with van der Waals surface area (Å²) in [5.41, 5.74) is -0.460. The zero-order valence-electron chi connectivity index (χ0n) is 10.3. The highest BCUT2D eigenvalue weighted by Crippen LogP contribution is 2.44. The first-order valence-electron chi connectivity index (χ1n) is 6.03. The van der Waals surface area contributed by atoms with E-state index in [4.69, 9.17) is 4.74 Å². The average Bonchev–Trinajstić information content (AvgIpc) is 2.35. The van der Waals surface area contributed by atoms with Gasteiger partial charge in [0.1, 0.15) is 5.60 Å². The van der Waals surface area contributed by atoms with Crippen molar-refractivity contribution >= 4 is 6.09 Å². The second-order valence-corrected chi connectivity index (χ2v) is 5.88. The smallest absolute Gasteiger partial charge is 0.410 e. The molecule has 2 aliphatic rings. The van der Waals surface area contributed by atoms with Crippen LogP contribution in [0.4, 0.5) is 4.79 Å². The van der Waals surface area contributed by atoms with Crippen molar-refractivity contribution in [1.29, 1.82) is 0 Å². The maximum atomic E-state index is 11.9. The monoisotopic (exact) mass is 227 g/mol. The van der Waals surface area contributed by atoms with Crippen LogP contribution in [0.2, 0.25) is 0 Å². The summed E-state index contributed by atoms with van der Waals surface area (Å²) in [5.74, 6) is 1.09. The van der Waals surface area contributed by atoms with Crippen LogP contribution in [-0.4, -0.2) is 40.9 Å². The molecule has 1 saturated carbocycles. The SMILES string of the molecule is CC(C)(C)OC(=O)N1CC2CCC2C1CO. The highest BCUT2D eigenvalue weighted by Gasteiger charge is 2.49. The highest BCUT2D eigenvalue weighted by atomic mass is 16.6. The Labute approximate surface area is 96.6 Å². The number of aliphatic hydroxyl groups excluding tert-OH is 1. The van der Waals surface area contributed by atoms with Gasteiger partial charge in [-0.15, -0.1) is 0 Å². The highest BCUT2D eigenvalue weighted by molar-refractivity contribution is 5.69. The van der Waals surface area contributed by atoms with Crippen LogP contribution >= 0.6 is 0 Å². The summed E-state index contributed by atoms with van der Waals surface area (Å²) in [5, 5.41) is 9.36. The van der Waals surface area contributed by atoms with E-state index in [1.165, 1.54) is 6.42 Å². The lowest BCUT2D eigenvalue weighted by atomic mass is 9.73. The van der Waals surface area contributed by atoms with Gasteiger partial charge in [0, 0.05) is 6.54 Å². The van der Waals surface area contributed by atoms with Crippen LogP contribution < -0.4 is 0 Å². The molecule has 1 N–H and O–H groups in total. The molecule has 0 bridgehead atoms. The summed E-state index contributed by atoms with van der Waals surface area (Å²) < 4.78 is 5.35. The number of likely N-dealkylation sites (tertiary alicyclic amines) is 1. The third-order valence-corrected chi connectivity index (χ3v) is 3.62. The van der Waals surface area contributed by atoms with Crippen LogP contribution in [0, 0.1) is 11.8 Å². The third kappa shape index (κ3) is 2.03. The Kier molecular flexibility index (Phi) is 2.86. The van der Waals surface area contributed by atoms with Gasteiger partial charge >= 0.3 is 6.09 Å². The van der Waals surface area contributed by atoms with Gasteiger partial charge in [-0.2, -0.15) is 0 Å². The lowest BCUT2D eigenvalue weighted by molar-refractivity contribution is 0.0143. The number of rotatable bonds is 1. The molecule has 0 radical (unpaired) electrons. The van der Waals surface area contributed by atoms with Crippen LogP contribution in [0.25, 0.3) is 0 Å². The van der Waals surface area contributed by atoms with Crippen molar-refractivity contribution in [1.82, 2.24) is 4.90 Å². The Morgan fingerprint density at radius 3 is 2.56 bits per heavy atom. The quantitative estimate of drug-likeness (QED) is 0.740. The normalized spacial score (nSPS) is 33.2. The molecule has 1 aliphatic carbocycles. The van der Waals surface area contributed by atoms with E-state index in [-0.39, 0.29) is 18.7 Å². The second-order valence-electron chi connectivity index (χ2n) is 5.88. The Bertz CT molecular complexity index is 284. The largest absolute Gasteiger partial charge is 0.444 e. The number of ether oxygens (including phenoxy) is 1. The minimum atomic E-state index is -0.460. The molecular weight excluding hydrogens is 206 g/mol. The van der Waals surface area contributed by atoms with Gasteiger partial charge in [0.25, 0.3) is 0 Å². The summed E-state index contributed by atoms with van der Waals surface area (Å²) in [6.07, 6.45) is 2.04. The van der Waals surface area contributed by atoms with E-state index in [1.54, 1.807) is 4.90 Å². The van der Waals surface area contributed by atoms with Gasteiger partial charge in [-0.3, -0.25) is 0 Å². The zero-order valence-corrected chi connectivity index (χ0v) is 10.3. The Hall–Kier alpha value is -0.770. The van der Waals surface area contributed by atoms with Gasteiger partial charge in [-0.05, 0) is 45.4 Å². The molecule has 0 aromatic rings. The molecule has 1 saturated heterocycles. The summed E-state index contributed by atoms with van der Waals surface area (Å²) in [6, 6.07) is -0.0198. The maximum Gasteiger partial charge on any atom is 0.410 e. The van der Waals surface area contributed by atoms with Crippen molar-refractivity contribution in [2.45, 2.75) is 45.3 Å².